The Hall–Kier alpha value is -4.54. The Bertz CT molecular complexity index is 1510. The second-order valence-electron chi connectivity index (χ2n) is 11.3. The molecule has 3 atom stereocenters. The number of rotatable bonds is 8. The van der Waals surface area contributed by atoms with E-state index in [1.54, 1.807) is 24.3 Å². The number of aliphatic hydroxyl groups excluding tert-OH is 1. The van der Waals surface area contributed by atoms with Gasteiger partial charge in [0.15, 0.2) is 11.4 Å². The van der Waals surface area contributed by atoms with Gasteiger partial charge in [0.05, 0.1) is 6.04 Å². The summed E-state index contributed by atoms with van der Waals surface area (Å²) in [7, 11) is 0. The highest BCUT2D eigenvalue weighted by Crippen LogP contribution is 2.48. The van der Waals surface area contributed by atoms with E-state index in [1.165, 1.54) is 4.90 Å². The number of para-hydroxylation sites is 1. The third-order valence-electron chi connectivity index (χ3n) is 8.84. The zero-order valence-electron chi connectivity index (χ0n) is 23.6. The van der Waals surface area contributed by atoms with Crippen molar-refractivity contribution in [2.24, 2.45) is 5.92 Å². The molecule has 2 heterocycles. The Labute approximate surface area is 249 Å². The first-order valence-electron chi connectivity index (χ1n) is 14.6. The predicted octanol–water partition coefficient (Wildman–Crippen LogP) is 1.19. The minimum atomic E-state index is -2.01. The summed E-state index contributed by atoms with van der Waals surface area (Å²) in [5.74, 6) is -2.51. The molecule has 0 bridgehead atoms. The third-order valence-corrected chi connectivity index (χ3v) is 8.84. The van der Waals surface area contributed by atoms with Crippen molar-refractivity contribution in [3.05, 3.63) is 90.0 Å². The fraction of sp³-hybridized carbons (Fsp3) is 0.333. The molecule has 10 heteroatoms. The lowest BCUT2D eigenvalue weighted by Crippen LogP contribution is -2.65. The molecular weight excluding hydrogens is 548 g/mol. The van der Waals surface area contributed by atoms with E-state index in [4.69, 9.17) is 0 Å². The van der Waals surface area contributed by atoms with Gasteiger partial charge >= 0.3 is 0 Å². The second-order valence-corrected chi connectivity index (χ2v) is 11.3. The number of Topliss-reactive ketones (excluding diaryl/α,β-unsaturated/α-hetero) is 1. The van der Waals surface area contributed by atoms with Crippen molar-refractivity contribution >= 4 is 29.2 Å². The number of hydrogen-bond acceptors (Lipinski definition) is 7. The van der Waals surface area contributed by atoms with Crippen LogP contribution in [0.25, 0.3) is 11.1 Å². The van der Waals surface area contributed by atoms with Crippen LogP contribution in [0.4, 0.5) is 5.69 Å². The van der Waals surface area contributed by atoms with Gasteiger partial charge in [-0.15, -0.1) is 0 Å². The predicted molar refractivity (Wildman–Crippen MR) is 159 cm³/mol. The van der Waals surface area contributed by atoms with Gasteiger partial charge in [0.2, 0.25) is 11.8 Å². The van der Waals surface area contributed by atoms with Gasteiger partial charge in [-0.2, -0.15) is 0 Å². The number of nitrogens with zero attached hydrogens (tertiary/aromatic N) is 2. The molecule has 10 nitrogen and oxygen atoms in total. The molecule has 3 aromatic carbocycles. The average Bonchev–Trinajstić information content (AvgIpc) is 3.58. The van der Waals surface area contributed by atoms with E-state index in [0.717, 1.165) is 16.8 Å². The van der Waals surface area contributed by atoms with Gasteiger partial charge in [0.25, 0.3) is 5.91 Å². The zero-order valence-corrected chi connectivity index (χ0v) is 23.6. The number of fused-ring (bicyclic) bond motifs is 3. The molecule has 222 valence electrons. The van der Waals surface area contributed by atoms with Crippen LogP contribution in [0.2, 0.25) is 0 Å². The van der Waals surface area contributed by atoms with Crippen molar-refractivity contribution in [2.75, 3.05) is 37.7 Å². The van der Waals surface area contributed by atoms with Crippen molar-refractivity contribution < 1.29 is 29.4 Å². The normalized spacial score (nSPS) is 21.0. The summed E-state index contributed by atoms with van der Waals surface area (Å²) in [6.07, 6.45) is 0.566. The first-order chi connectivity index (χ1) is 20.8. The maximum Gasteiger partial charge on any atom is 0.264 e. The van der Waals surface area contributed by atoms with E-state index in [-0.39, 0.29) is 25.4 Å². The van der Waals surface area contributed by atoms with Crippen LogP contribution in [0.1, 0.15) is 24.0 Å². The van der Waals surface area contributed by atoms with Crippen LogP contribution in [0.5, 0.6) is 0 Å². The van der Waals surface area contributed by atoms with Crippen LogP contribution >= 0.6 is 0 Å². The zero-order chi connectivity index (χ0) is 30.1. The Morgan fingerprint density at radius 2 is 1.56 bits per heavy atom. The molecule has 3 aromatic rings. The van der Waals surface area contributed by atoms with E-state index in [2.05, 4.69) is 10.6 Å². The molecule has 3 unspecified atom stereocenters. The lowest BCUT2D eigenvalue weighted by molar-refractivity contribution is -0.154. The van der Waals surface area contributed by atoms with Crippen LogP contribution in [-0.4, -0.2) is 83.5 Å². The quantitative estimate of drug-likeness (QED) is 0.313. The first-order valence-corrected chi connectivity index (χ1v) is 14.6. The topological polar surface area (TPSA) is 139 Å². The number of ketones is 1. The molecule has 43 heavy (non-hydrogen) atoms. The van der Waals surface area contributed by atoms with E-state index in [9.17, 15) is 29.4 Å². The number of hydrogen-bond donors (Lipinski definition) is 4. The van der Waals surface area contributed by atoms with Crippen LogP contribution < -0.4 is 15.5 Å². The molecule has 0 radical (unpaired) electrons. The molecule has 3 amide bonds. The maximum absolute atomic E-state index is 14.5. The molecule has 0 spiro atoms. The van der Waals surface area contributed by atoms with Crippen LogP contribution in [0.15, 0.2) is 78.9 Å². The average molecular weight is 583 g/mol. The number of carbonyl (C=O) groups excluding carboxylic acids is 4. The standard InChI is InChI=1S/C33H34N4O6/c38-20-29(39)27(18-21-14-15-34-30(21)40)35-31(41)28-19-36(22-8-2-1-3-9-22)16-17-37(28)32(42)33(43)25-12-6-4-10-23(25)24-11-5-7-13-26(24)33/h1-13,21,27-28,38,43H,14-20H2,(H,34,40)(H,35,41). The summed E-state index contributed by atoms with van der Waals surface area (Å²) in [6.45, 7) is 0.360. The fourth-order valence-electron chi connectivity index (χ4n) is 6.58. The van der Waals surface area contributed by atoms with Gasteiger partial charge in [-0.05, 0) is 36.1 Å². The van der Waals surface area contributed by atoms with Crippen molar-refractivity contribution in [1.29, 1.82) is 0 Å². The molecule has 6 rings (SSSR count). The molecule has 1 aliphatic carbocycles. The number of amides is 3. The van der Waals surface area contributed by atoms with Gasteiger partial charge < -0.3 is 30.6 Å². The Morgan fingerprint density at radius 3 is 2.16 bits per heavy atom. The minimum absolute atomic E-state index is 0.0464. The fourth-order valence-corrected chi connectivity index (χ4v) is 6.58. The van der Waals surface area contributed by atoms with Crippen molar-refractivity contribution in [3.63, 3.8) is 0 Å². The second kappa shape index (κ2) is 11.6. The molecule has 3 aliphatic rings. The van der Waals surface area contributed by atoms with Gasteiger partial charge in [0, 0.05) is 48.9 Å². The molecule has 2 fully saturated rings. The third kappa shape index (κ3) is 5.06. The van der Waals surface area contributed by atoms with Crippen molar-refractivity contribution in [1.82, 2.24) is 15.5 Å². The number of carbonyl (C=O) groups is 4. The smallest absolute Gasteiger partial charge is 0.264 e. The monoisotopic (exact) mass is 582 g/mol. The minimum Gasteiger partial charge on any atom is -0.389 e. The van der Waals surface area contributed by atoms with Gasteiger partial charge in [-0.25, -0.2) is 0 Å². The molecule has 2 aliphatic heterocycles. The highest BCUT2D eigenvalue weighted by molar-refractivity contribution is 6.01. The number of aliphatic hydroxyl groups is 2. The summed E-state index contributed by atoms with van der Waals surface area (Å²) in [4.78, 5) is 56.9. The number of benzene rings is 3. The van der Waals surface area contributed by atoms with E-state index >= 15 is 0 Å². The molecule has 0 saturated carbocycles. The first kappa shape index (κ1) is 28.6. The molecule has 2 saturated heterocycles. The maximum atomic E-state index is 14.5. The highest BCUT2D eigenvalue weighted by Gasteiger charge is 2.52. The summed E-state index contributed by atoms with van der Waals surface area (Å²) in [5, 5.41) is 27.4. The highest BCUT2D eigenvalue weighted by atomic mass is 16.3. The van der Waals surface area contributed by atoms with E-state index < -0.39 is 47.8 Å². The van der Waals surface area contributed by atoms with Gasteiger partial charge in [0.1, 0.15) is 12.6 Å². The van der Waals surface area contributed by atoms with Crippen LogP contribution in [-0.2, 0) is 24.8 Å². The number of anilines is 1. The number of piperazine rings is 1. The Morgan fingerprint density at radius 1 is 0.930 bits per heavy atom. The largest absolute Gasteiger partial charge is 0.389 e. The van der Waals surface area contributed by atoms with Crippen LogP contribution in [0.3, 0.4) is 0 Å². The van der Waals surface area contributed by atoms with Gasteiger partial charge in [-0.3, -0.25) is 19.2 Å². The Kier molecular flexibility index (Phi) is 7.72. The van der Waals surface area contributed by atoms with Gasteiger partial charge in [-0.1, -0.05) is 66.7 Å². The van der Waals surface area contributed by atoms with E-state index in [1.807, 2.05) is 59.5 Å². The SMILES string of the molecule is O=C1NCCC1CC(NC(=O)C1CN(c2ccccc2)CCN1C(=O)C1(O)c2ccccc2-c2ccccc21)C(=O)CO. The number of nitrogens with one attached hydrogen (secondary N) is 2. The molecular formula is C33H34N4O6. The summed E-state index contributed by atoms with van der Waals surface area (Å²) in [6, 6.07) is 21.7. The van der Waals surface area contributed by atoms with Crippen molar-refractivity contribution in [2.45, 2.75) is 30.5 Å². The lowest BCUT2D eigenvalue weighted by atomic mass is 9.88. The molecule has 0 aromatic heterocycles. The molecule has 4 N–H and O–H groups in total. The summed E-state index contributed by atoms with van der Waals surface area (Å²) in [5.41, 5.74) is 1.26. The van der Waals surface area contributed by atoms with E-state index in [0.29, 0.717) is 30.6 Å². The summed E-state index contributed by atoms with van der Waals surface area (Å²) < 4.78 is 0. The lowest BCUT2D eigenvalue weighted by Gasteiger charge is -2.44. The Balaban J connectivity index is 1.34. The van der Waals surface area contributed by atoms with Crippen LogP contribution in [0, 0.1) is 5.92 Å². The van der Waals surface area contributed by atoms with Crippen molar-refractivity contribution in [3.8, 4) is 11.1 Å². The summed E-state index contributed by atoms with van der Waals surface area (Å²) >= 11 is 0.